The summed E-state index contributed by atoms with van der Waals surface area (Å²) >= 11 is 0. The van der Waals surface area contributed by atoms with Gasteiger partial charge in [0.1, 0.15) is 5.75 Å². The average Bonchev–Trinajstić information content (AvgIpc) is 2.68. The molecular formula is C20H22F2N2O3. The molecule has 0 aromatic heterocycles. The van der Waals surface area contributed by atoms with Crippen LogP contribution in [0, 0.1) is 0 Å². The predicted octanol–water partition coefficient (Wildman–Crippen LogP) is 2.78. The minimum Gasteiger partial charge on any atom is -0.435 e. The van der Waals surface area contributed by atoms with Crippen molar-refractivity contribution in [2.24, 2.45) is 0 Å². The molecule has 1 N–H and O–H groups in total. The largest absolute Gasteiger partial charge is 0.435 e. The quantitative estimate of drug-likeness (QED) is 0.842. The van der Waals surface area contributed by atoms with E-state index in [1.54, 1.807) is 11.0 Å². The SMILES string of the molecule is O=C(c1cccc(OC(F)F)c1)N1CCN(C[C@@H](O)c2ccccc2)CC1. The molecule has 1 saturated heterocycles. The molecule has 1 aliphatic rings. The standard InChI is InChI=1S/C20H22F2N2O3/c21-20(22)27-17-8-4-7-16(13-17)19(26)24-11-9-23(10-12-24)14-18(25)15-5-2-1-3-6-15/h1-8,13,18,20,25H,9-12,14H2/t18-/m1/s1. The Labute approximate surface area is 156 Å². The Balaban J connectivity index is 1.53. The van der Waals surface area contributed by atoms with Crippen LogP contribution >= 0.6 is 0 Å². The monoisotopic (exact) mass is 376 g/mol. The zero-order valence-corrected chi connectivity index (χ0v) is 14.8. The molecule has 1 fully saturated rings. The fourth-order valence-electron chi connectivity index (χ4n) is 3.15. The van der Waals surface area contributed by atoms with Gasteiger partial charge in [0, 0.05) is 38.3 Å². The summed E-state index contributed by atoms with van der Waals surface area (Å²) in [6.45, 7) is -0.106. The molecule has 0 radical (unpaired) electrons. The summed E-state index contributed by atoms with van der Waals surface area (Å²) in [7, 11) is 0. The second-order valence-corrected chi connectivity index (χ2v) is 6.43. The van der Waals surface area contributed by atoms with Crippen molar-refractivity contribution in [3.8, 4) is 5.75 Å². The van der Waals surface area contributed by atoms with Gasteiger partial charge in [-0.15, -0.1) is 0 Å². The minimum atomic E-state index is -2.92. The maximum atomic E-state index is 12.6. The zero-order chi connectivity index (χ0) is 19.2. The lowest BCUT2D eigenvalue weighted by Gasteiger charge is -2.35. The molecule has 0 bridgehead atoms. The van der Waals surface area contributed by atoms with E-state index >= 15 is 0 Å². The van der Waals surface area contributed by atoms with Gasteiger partial charge in [0.15, 0.2) is 0 Å². The third-order valence-corrected chi connectivity index (χ3v) is 4.58. The molecule has 0 aliphatic carbocycles. The summed E-state index contributed by atoms with van der Waals surface area (Å²) in [6, 6.07) is 15.3. The molecule has 0 unspecified atom stereocenters. The number of aliphatic hydroxyl groups is 1. The number of carbonyl (C=O) groups excluding carboxylic acids is 1. The van der Waals surface area contributed by atoms with E-state index in [4.69, 9.17) is 0 Å². The van der Waals surface area contributed by atoms with Crippen LogP contribution in [0.4, 0.5) is 8.78 Å². The Morgan fingerprint density at radius 3 is 2.41 bits per heavy atom. The van der Waals surface area contributed by atoms with Gasteiger partial charge in [-0.05, 0) is 23.8 Å². The number of alkyl halides is 2. The molecule has 2 aromatic rings. The smallest absolute Gasteiger partial charge is 0.387 e. The van der Waals surface area contributed by atoms with Crippen molar-refractivity contribution in [2.45, 2.75) is 12.7 Å². The number of piperazine rings is 1. The van der Waals surface area contributed by atoms with Crippen molar-refractivity contribution in [1.29, 1.82) is 0 Å². The lowest BCUT2D eigenvalue weighted by Crippen LogP contribution is -2.49. The van der Waals surface area contributed by atoms with Crippen molar-refractivity contribution < 1.29 is 23.4 Å². The first-order chi connectivity index (χ1) is 13.0. The highest BCUT2D eigenvalue weighted by Crippen LogP contribution is 2.19. The molecular weight excluding hydrogens is 354 g/mol. The highest BCUT2D eigenvalue weighted by atomic mass is 19.3. The molecule has 0 saturated carbocycles. The second kappa shape index (κ2) is 8.92. The summed E-state index contributed by atoms with van der Waals surface area (Å²) in [5.41, 5.74) is 1.19. The van der Waals surface area contributed by atoms with Gasteiger partial charge in [0.25, 0.3) is 5.91 Å². The number of rotatable bonds is 6. The number of benzene rings is 2. The van der Waals surface area contributed by atoms with Crippen LogP contribution in [0.1, 0.15) is 22.0 Å². The van der Waals surface area contributed by atoms with E-state index in [2.05, 4.69) is 9.64 Å². The van der Waals surface area contributed by atoms with Crippen molar-refractivity contribution in [2.75, 3.05) is 32.7 Å². The third-order valence-electron chi connectivity index (χ3n) is 4.58. The van der Waals surface area contributed by atoms with E-state index in [9.17, 15) is 18.7 Å². The Hall–Kier alpha value is -2.51. The number of hydrogen-bond donors (Lipinski definition) is 1. The molecule has 0 spiro atoms. The molecule has 1 amide bonds. The van der Waals surface area contributed by atoms with Crippen LogP contribution < -0.4 is 4.74 Å². The minimum absolute atomic E-state index is 0.0273. The van der Waals surface area contributed by atoms with Gasteiger partial charge in [-0.2, -0.15) is 8.78 Å². The van der Waals surface area contributed by atoms with Crippen LogP contribution in [0.2, 0.25) is 0 Å². The Morgan fingerprint density at radius 2 is 1.74 bits per heavy atom. The maximum Gasteiger partial charge on any atom is 0.387 e. The fourth-order valence-corrected chi connectivity index (χ4v) is 3.15. The highest BCUT2D eigenvalue weighted by Gasteiger charge is 2.24. The molecule has 7 heteroatoms. The third kappa shape index (κ3) is 5.24. The van der Waals surface area contributed by atoms with E-state index < -0.39 is 12.7 Å². The van der Waals surface area contributed by atoms with E-state index in [1.807, 2.05) is 30.3 Å². The van der Waals surface area contributed by atoms with Gasteiger partial charge < -0.3 is 14.7 Å². The summed E-state index contributed by atoms with van der Waals surface area (Å²) in [4.78, 5) is 16.4. The van der Waals surface area contributed by atoms with E-state index in [1.165, 1.54) is 18.2 Å². The van der Waals surface area contributed by atoms with Gasteiger partial charge in [-0.3, -0.25) is 9.69 Å². The second-order valence-electron chi connectivity index (χ2n) is 6.43. The number of amides is 1. The van der Waals surface area contributed by atoms with Gasteiger partial charge in [-0.25, -0.2) is 0 Å². The normalized spacial score (nSPS) is 16.4. The number of aliphatic hydroxyl groups excluding tert-OH is 1. The molecule has 1 atom stereocenters. The van der Waals surface area contributed by atoms with Crippen LogP contribution in [0.5, 0.6) is 5.75 Å². The van der Waals surface area contributed by atoms with Crippen molar-refractivity contribution in [3.63, 3.8) is 0 Å². The number of nitrogens with zero attached hydrogens (tertiary/aromatic N) is 2. The molecule has 5 nitrogen and oxygen atoms in total. The van der Waals surface area contributed by atoms with E-state index in [-0.39, 0.29) is 11.7 Å². The summed E-state index contributed by atoms with van der Waals surface area (Å²) in [6.07, 6.45) is -0.573. The Bertz CT molecular complexity index is 750. The molecule has 3 rings (SSSR count). The Morgan fingerprint density at radius 1 is 1.04 bits per heavy atom. The van der Waals surface area contributed by atoms with E-state index in [0.29, 0.717) is 38.3 Å². The van der Waals surface area contributed by atoms with Crippen LogP contribution in [0.25, 0.3) is 0 Å². The van der Waals surface area contributed by atoms with Gasteiger partial charge in [-0.1, -0.05) is 36.4 Å². The predicted molar refractivity (Wildman–Crippen MR) is 96.8 cm³/mol. The van der Waals surface area contributed by atoms with E-state index in [0.717, 1.165) is 5.56 Å². The van der Waals surface area contributed by atoms with Crippen molar-refractivity contribution in [3.05, 3.63) is 65.7 Å². The zero-order valence-electron chi connectivity index (χ0n) is 14.8. The van der Waals surface area contributed by atoms with Crippen LogP contribution in [0.15, 0.2) is 54.6 Å². The molecule has 144 valence electrons. The number of halogens is 2. The maximum absolute atomic E-state index is 12.6. The van der Waals surface area contributed by atoms with Gasteiger partial charge in [0.2, 0.25) is 0 Å². The van der Waals surface area contributed by atoms with Crippen LogP contribution in [0.3, 0.4) is 0 Å². The molecule has 1 heterocycles. The Kier molecular flexibility index (Phi) is 6.36. The van der Waals surface area contributed by atoms with Gasteiger partial charge in [0.05, 0.1) is 6.10 Å². The van der Waals surface area contributed by atoms with Crippen LogP contribution in [-0.4, -0.2) is 60.1 Å². The first-order valence-corrected chi connectivity index (χ1v) is 8.82. The van der Waals surface area contributed by atoms with Crippen LogP contribution in [-0.2, 0) is 0 Å². The first-order valence-electron chi connectivity index (χ1n) is 8.82. The average molecular weight is 376 g/mol. The molecule has 1 aliphatic heterocycles. The lowest BCUT2D eigenvalue weighted by atomic mass is 10.1. The topological polar surface area (TPSA) is 53.0 Å². The summed E-state index contributed by atoms with van der Waals surface area (Å²) < 4.78 is 29.0. The highest BCUT2D eigenvalue weighted by molar-refractivity contribution is 5.94. The van der Waals surface area contributed by atoms with Crippen molar-refractivity contribution >= 4 is 5.91 Å². The van der Waals surface area contributed by atoms with Crippen molar-refractivity contribution in [1.82, 2.24) is 9.80 Å². The number of ether oxygens (including phenoxy) is 1. The fraction of sp³-hybridized carbons (Fsp3) is 0.350. The summed E-state index contributed by atoms with van der Waals surface area (Å²) in [5, 5.41) is 10.3. The van der Waals surface area contributed by atoms with Gasteiger partial charge >= 0.3 is 6.61 Å². The molecule has 2 aromatic carbocycles. The summed E-state index contributed by atoms with van der Waals surface area (Å²) in [5.74, 6) is -0.238. The first kappa shape index (κ1) is 19.3. The lowest BCUT2D eigenvalue weighted by molar-refractivity contribution is -0.0499. The number of hydrogen-bond acceptors (Lipinski definition) is 4. The molecule has 27 heavy (non-hydrogen) atoms. The number of carbonyl (C=O) groups is 1. The number of β-amino-alcohol motifs (C(OH)–C–C–N with tert-alkyl or cyclic N) is 1.